The molecule has 23 heavy (non-hydrogen) atoms. The van der Waals surface area contributed by atoms with Gasteiger partial charge in [-0.1, -0.05) is 51.4 Å². The number of carbonyl (C=O) groups is 1. The number of rotatable bonds is 9. The van der Waals surface area contributed by atoms with E-state index in [0.29, 0.717) is 0 Å². The SMILES string of the molecule is CCCCCCCCCC#C[C@H](O)[C@H](C)NC(=O)OC(C)(C)C. The summed E-state index contributed by atoms with van der Waals surface area (Å²) < 4.78 is 5.15. The third-order valence-corrected chi connectivity index (χ3v) is 3.37. The maximum Gasteiger partial charge on any atom is 0.407 e. The van der Waals surface area contributed by atoms with Crippen LogP contribution < -0.4 is 5.32 Å². The van der Waals surface area contributed by atoms with Gasteiger partial charge in [0.25, 0.3) is 0 Å². The Morgan fingerprint density at radius 3 is 2.26 bits per heavy atom. The highest BCUT2D eigenvalue weighted by Crippen LogP contribution is 2.08. The number of unbranched alkanes of at least 4 members (excludes halogenated alkanes) is 7. The number of alkyl carbamates (subject to hydrolysis) is 1. The van der Waals surface area contributed by atoms with Crippen molar-refractivity contribution in [3.8, 4) is 11.8 Å². The molecule has 0 aromatic carbocycles. The summed E-state index contributed by atoms with van der Waals surface area (Å²) in [5.74, 6) is 5.79. The molecule has 0 aliphatic heterocycles. The van der Waals surface area contributed by atoms with E-state index in [1.807, 2.05) is 0 Å². The first-order valence-corrected chi connectivity index (χ1v) is 8.92. The number of ether oxygens (including phenoxy) is 1. The molecule has 0 unspecified atom stereocenters. The molecule has 0 rings (SSSR count). The molecular formula is C19H35NO3. The van der Waals surface area contributed by atoms with Crippen molar-refractivity contribution >= 4 is 6.09 Å². The predicted octanol–water partition coefficient (Wildman–Crippen LogP) is 4.40. The molecule has 4 nitrogen and oxygen atoms in total. The number of hydrogen-bond acceptors (Lipinski definition) is 3. The van der Waals surface area contributed by atoms with E-state index in [2.05, 4.69) is 24.1 Å². The average molecular weight is 325 g/mol. The maximum absolute atomic E-state index is 11.6. The number of aliphatic hydroxyl groups is 1. The van der Waals surface area contributed by atoms with Crippen LogP contribution in [0.15, 0.2) is 0 Å². The first kappa shape index (κ1) is 21.8. The molecule has 0 aromatic heterocycles. The Balaban J connectivity index is 3.83. The smallest absolute Gasteiger partial charge is 0.407 e. The van der Waals surface area contributed by atoms with Crippen LogP contribution in [0.1, 0.15) is 86.0 Å². The van der Waals surface area contributed by atoms with E-state index in [4.69, 9.17) is 4.74 Å². The highest BCUT2D eigenvalue weighted by Gasteiger charge is 2.20. The van der Waals surface area contributed by atoms with Crippen LogP contribution in [0.2, 0.25) is 0 Å². The molecule has 0 aliphatic carbocycles. The average Bonchev–Trinajstić information content (AvgIpc) is 2.43. The van der Waals surface area contributed by atoms with Gasteiger partial charge in [-0.2, -0.15) is 0 Å². The van der Waals surface area contributed by atoms with Crippen molar-refractivity contribution in [1.29, 1.82) is 0 Å². The molecule has 134 valence electrons. The Hall–Kier alpha value is -1.21. The van der Waals surface area contributed by atoms with Gasteiger partial charge in [0.1, 0.15) is 11.7 Å². The van der Waals surface area contributed by atoms with Crippen LogP contribution in [-0.2, 0) is 4.74 Å². The molecule has 0 bridgehead atoms. The van der Waals surface area contributed by atoms with Crippen molar-refractivity contribution in [2.75, 3.05) is 0 Å². The van der Waals surface area contributed by atoms with Gasteiger partial charge >= 0.3 is 6.09 Å². The van der Waals surface area contributed by atoms with Crippen LogP contribution in [0.25, 0.3) is 0 Å². The lowest BCUT2D eigenvalue weighted by Gasteiger charge is -2.22. The zero-order chi connectivity index (χ0) is 17.7. The van der Waals surface area contributed by atoms with Gasteiger partial charge in [-0.3, -0.25) is 0 Å². The predicted molar refractivity (Wildman–Crippen MR) is 95.2 cm³/mol. The molecule has 0 fully saturated rings. The van der Waals surface area contributed by atoms with E-state index in [9.17, 15) is 9.90 Å². The summed E-state index contributed by atoms with van der Waals surface area (Å²) in [4.78, 5) is 11.6. The number of hydrogen-bond donors (Lipinski definition) is 2. The van der Waals surface area contributed by atoms with Crippen molar-refractivity contribution in [2.24, 2.45) is 0 Å². The summed E-state index contributed by atoms with van der Waals surface area (Å²) in [6, 6.07) is -0.452. The molecule has 0 saturated heterocycles. The summed E-state index contributed by atoms with van der Waals surface area (Å²) in [6.45, 7) is 9.35. The van der Waals surface area contributed by atoms with Crippen molar-refractivity contribution in [3.05, 3.63) is 0 Å². The minimum absolute atomic E-state index is 0.452. The Morgan fingerprint density at radius 1 is 1.13 bits per heavy atom. The maximum atomic E-state index is 11.6. The molecule has 0 radical (unpaired) electrons. The highest BCUT2D eigenvalue weighted by atomic mass is 16.6. The number of amides is 1. The second-order valence-corrected chi connectivity index (χ2v) is 7.07. The Bertz CT molecular complexity index is 376. The highest BCUT2D eigenvalue weighted by molar-refractivity contribution is 5.68. The Labute approximate surface area is 142 Å². The fraction of sp³-hybridized carbons (Fsp3) is 0.842. The summed E-state index contributed by atoms with van der Waals surface area (Å²) in [5, 5.41) is 12.5. The third kappa shape index (κ3) is 14.1. The molecule has 1 amide bonds. The van der Waals surface area contributed by atoms with Gasteiger partial charge in [0, 0.05) is 6.42 Å². The largest absolute Gasteiger partial charge is 0.444 e. The topological polar surface area (TPSA) is 58.6 Å². The second kappa shape index (κ2) is 12.2. The first-order chi connectivity index (χ1) is 10.8. The normalized spacial score (nSPS) is 13.7. The van der Waals surface area contributed by atoms with E-state index in [1.54, 1.807) is 27.7 Å². The van der Waals surface area contributed by atoms with Crippen molar-refractivity contribution in [1.82, 2.24) is 5.32 Å². The lowest BCUT2D eigenvalue weighted by molar-refractivity contribution is 0.0469. The van der Waals surface area contributed by atoms with Crippen LogP contribution >= 0.6 is 0 Å². The number of nitrogens with one attached hydrogen (secondary N) is 1. The van der Waals surface area contributed by atoms with Gasteiger partial charge < -0.3 is 15.2 Å². The quantitative estimate of drug-likeness (QED) is 0.488. The molecule has 2 N–H and O–H groups in total. The van der Waals surface area contributed by atoms with Crippen LogP contribution in [0, 0.1) is 11.8 Å². The summed E-state index contributed by atoms with van der Waals surface area (Å²) in [7, 11) is 0. The van der Waals surface area contributed by atoms with E-state index in [1.165, 1.54) is 38.5 Å². The van der Waals surface area contributed by atoms with Gasteiger partial charge in [0.15, 0.2) is 0 Å². The van der Waals surface area contributed by atoms with Crippen LogP contribution in [0.5, 0.6) is 0 Å². The minimum atomic E-state index is -0.868. The fourth-order valence-corrected chi connectivity index (χ4v) is 2.04. The molecular weight excluding hydrogens is 290 g/mol. The lowest BCUT2D eigenvalue weighted by atomic mass is 10.1. The Morgan fingerprint density at radius 2 is 1.70 bits per heavy atom. The molecule has 0 aromatic rings. The minimum Gasteiger partial charge on any atom is -0.444 e. The molecule has 0 saturated carbocycles. The summed E-state index contributed by atoms with van der Waals surface area (Å²) >= 11 is 0. The van der Waals surface area contributed by atoms with Gasteiger partial charge in [-0.25, -0.2) is 4.79 Å². The standard InChI is InChI=1S/C19H35NO3/c1-6-7-8-9-10-11-12-13-14-15-17(21)16(2)20-18(22)23-19(3,4)5/h16-17,21H,6-13H2,1-5H3,(H,20,22)/t16-,17-/m0/s1. The van der Waals surface area contributed by atoms with Crippen LogP contribution in [0.3, 0.4) is 0 Å². The summed E-state index contributed by atoms with van der Waals surface area (Å²) in [6.07, 6.45) is 8.16. The fourth-order valence-electron chi connectivity index (χ4n) is 2.04. The first-order valence-electron chi connectivity index (χ1n) is 8.92. The second-order valence-electron chi connectivity index (χ2n) is 7.07. The van der Waals surface area contributed by atoms with E-state index in [0.717, 1.165) is 12.8 Å². The molecule has 4 heteroatoms. The van der Waals surface area contributed by atoms with Gasteiger partial charge in [-0.05, 0) is 34.1 Å². The van der Waals surface area contributed by atoms with E-state index < -0.39 is 23.8 Å². The van der Waals surface area contributed by atoms with Gasteiger partial charge in [0.2, 0.25) is 0 Å². The van der Waals surface area contributed by atoms with Crippen molar-refractivity contribution in [3.63, 3.8) is 0 Å². The number of carbonyl (C=O) groups excluding carboxylic acids is 1. The summed E-state index contributed by atoms with van der Waals surface area (Å²) in [5.41, 5.74) is -0.544. The monoisotopic (exact) mass is 325 g/mol. The number of aliphatic hydroxyl groups excluding tert-OH is 1. The van der Waals surface area contributed by atoms with Gasteiger partial charge in [0.05, 0.1) is 6.04 Å². The molecule has 0 aliphatic rings. The zero-order valence-electron chi connectivity index (χ0n) is 15.6. The molecule has 0 heterocycles. The lowest BCUT2D eigenvalue weighted by Crippen LogP contribution is -2.43. The third-order valence-electron chi connectivity index (χ3n) is 3.37. The zero-order valence-corrected chi connectivity index (χ0v) is 15.6. The van der Waals surface area contributed by atoms with E-state index in [-0.39, 0.29) is 0 Å². The molecule has 2 atom stereocenters. The Kier molecular flexibility index (Phi) is 11.6. The molecule has 0 spiro atoms. The van der Waals surface area contributed by atoms with Crippen molar-refractivity contribution in [2.45, 2.75) is 104 Å². The van der Waals surface area contributed by atoms with Crippen LogP contribution in [-0.4, -0.2) is 28.9 Å². The van der Waals surface area contributed by atoms with Gasteiger partial charge in [-0.15, -0.1) is 5.92 Å². The van der Waals surface area contributed by atoms with Crippen molar-refractivity contribution < 1.29 is 14.6 Å². The van der Waals surface area contributed by atoms with E-state index >= 15 is 0 Å². The van der Waals surface area contributed by atoms with Crippen LogP contribution in [0.4, 0.5) is 4.79 Å².